The van der Waals surface area contributed by atoms with Crippen molar-refractivity contribution in [2.24, 2.45) is 0 Å². The molecule has 0 spiro atoms. The highest BCUT2D eigenvalue weighted by Crippen LogP contribution is 2.32. The predicted octanol–water partition coefficient (Wildman–Crippen LogP) is 5.44. The summed E-state index contributed by atoms with van der Waals surface area (Å²) >= 11 is 0. The van der Waals surface area contributed by atoms with Gasteiger partial charge >= 0.3 is 0 Å². The molecule has 0 bridgehead atoms. The molecule has 0 aliphatic carbocycles. The third-order valence-electron chi connectivity index (χ3n) is 6.80. The van der Waals surface area contributed by atoms with E-state index >= 15 is 0 Å². The molecule has 0 unspecified atom stereocenters. The minimum Gasteiger partial charge on any atom is -0.356 e. The molecule has 0 saturated carbocycles. The quantitative estimate of drug-likeness (QED) is 0.322. The fourth-order valence-electron chi connectivity index (χ4n) is 4.82. The van der Waals surface area contributed by atoms with Crippen molar-refractivity contribution in [3.8, 4) is 22.8 Å². The number of amides is 1. The van der Waals surface area contributed by atoms with E-state index in [0.717, 1.165) is 29.5 Å². The molecule has 1 amide bonds. The van der Waals surface area contributed by atoms with Crippen LogP contribution in [0.5, 0.6) is 0 Å². The molecule has 1 aliphatic rings. The van der Waals surface area contributed by atoms with Gasteiger partial charge in [-0.05, 0) is 73.5 Å². The van der Waals surface area contributed by atoms with Gasteiger partial charge in [0.1, 0.15) is 18.2 Å². The van der Waals surface area contributed by atoms with Crippen LogP contribution in [0, 0.1) is 11.6 Å². The lowest BCUT2D eigenvalue weighted by Gasteiger charge is -2.31. The number of benzene rings is 3. The van der Waals surface area contributed by atoms with Gasteiger partial charge in [-0.2, -0.15) is 0 Å². The summed E-state index contributed by atoms with van der Waals surface area (Å²) in [5.74, 6) is 0.216. The monoisotopic (exact) mass is 499 g/mol. The fraction of sp³-hybridized carbons (Fsp3) is 0.214. The number of hydrogen-bond acceptors (Lipinski definition) is 5. The maximum Gasteiger partial charge on any atom is 0.244 e. The van der Waals surface area contributed by atoms with Crippen molar-refractivity contribution in [2.45, 2.75) is 25.3 Å². The van der Waals surface area contributed by atoms with Crippen LogP contribution >= 0.6 is 0 Å². The topological polar surface area (TPSA) is 77.1 Å². The molecule has 7 nitrogen and oxygen atoms in total. The minimum atomic E-state index is -0.368. The van der Waals surface area contributed by atoms with Crippen molar-refractivity contribution in [1.82, 2.24) is 24.8 Å². The molecule has 0 radical (unpaired) electrons. The van der Waals surface area contributed by atoms with Crippen LogP contribution in [0.15, 0.2) is 77.3 Å². The first-order valence-electron chi connectivity index (χ1n) is 12.1. The number of likely N-dealkylation sites (tertiary alicyclic amines) is 1. The summed E-state index contributed by atoms with van der Waals surface area (Å²) in [6.07, 6.45) is 1.57. The van der Waals surface area contributed by atoms with Gasteiger partial charge in [0, 0.05) is 35.5 Å². The van der Waals surface area contributed by atoms with Crippen molar-refractivity contribution >= 4 is 16.9 Å². The SMILES string of the molecule is O=C(Cn1nc(-c2ccc(F)cc2)nc1-c1ccc(F)cc1)N1CCC(c2noc3ccccc23)CC1. The number of hydrogen-bond donors (Lipinski definition) is 0. The fourth-order valence-corrected chi connectivity index (χ4v) is 4.82. The summed E-state index contributed by atoms with van der Waals surface area (Å²) in [4.78, 5) is 19.7. The lowest BCUT2D eigenvalue weighted by atomic mass is 9.91. The van der Waals surface area contributed by atoms with Crippen molar-refractivity contribution < 1.29 is 18.1 Å². The van der Waals surface area contributed by atoms with Crippen LogP contribution in [0.3, 0.4) is 0 Å². The Labute approximate surface area is 211 Å². The lowest BCUT2D eigenvalue weighted by molar-refractivity contribution is -0.133. The molecule has 3 heterocycles. The third-order valence-corrected chi connectivity index (χ3v) is 6.80. The Bertz CT molecular complexity index is 1550. The zero-order chi connectivity index (χ0) is 25.4. The number of para-hydroxylation sites is 1. The van der Waals surface area contributed by atoms with Crippen LogP contribution in [0.2, 0.25) is 0 Å². The van der Waals surface area contributed by atoms with Gasteiger partial charge < -0.3 is 9.42 Å². The smallest absolute Gasteiger partial charge is 0.244 e. The minimum absolute atomic E-state index is 0.0154. The van der Waals surface area contributed by atoms with E-state index < -0.39 is 0 Å². The largest absolute Gasteiger partial charge is 0.356 e. The second-order valence-corrected chi connectivity index (χ2v) is 9.15. The first-order chi connectivity index (χ1) is 18.0. The van der Waals surface area contributed by atoms with Gasteiger partial charge in [-0.3, -0.25) is 4.79 Å². The molecule has 5 aromatic rings. The number of fused-ring (bicyclic) bond motifs is 1. The van der Waals surface area contributed by atoms with Crippen LogP contribution in [0.4, 0.5) is 8.78 Å². The number of carbonyl (C=O) groups excluding carboxylic acids is 1. The molecule has 6 rings (SSSR count). The van der Waals surface area contributed by atoms with Crippen LogP contribution in [-0.4, -0.2) is 43.8 Å². The molecule has 1 saturated heterocycles. The van der Waals surface area contributed by atoms with Crippen LogP contribution in [0.1, 0.15) is 24.5 Å². The summed E-state index contributed by atoms with van der Waals surface area (Å²) in [6, 6.07) is 19.5. The molecule has 2 aromatic heterocycles. The summed E-state index contributed by atoms with van der Waals surface area (Å²) in [7, 11) is 0. The molecule has 3 aromatic carbocycles. The first kappa shape index (κ1) is 23.0. The predicted molar refractivity (Wildman–Crippen MR) is 133 cm³/mol. The van der Waals surface area contributed by atoms with Crippen molar-refractivity contribution in [3.63, 3.8) is 0 Å². The third kappa shape index (κ3) is 4.60. The maximum absolute atomic E-state index is 13.5. The van der Waals surface area contributed by atoms with E-state index in [-0.39, 0.29) is 30.0 Å². The van der Waals surface area contributed by atoms with E-state index in [1.807, 2.05) is 29.2 Å². The van der Waals surface area contributed by atoms with Crippen molar-refractivity contribution in [1.29, 1.82) is 0 Å². The zero-order valence-corrected chi connectivity index (χ0v) is 19.8. The Morgan fingerprint density at radius 1 is 0.892 bits per heavy atom. The number of carbonyl (C=O) groups is 1. The van der Waals surface area contributed by atoms with Gasteiger partial charge in [0.25, 0.3) is 0 Å². The average molecular weight is 500 g/mol. The summed E-state index contributed by atoms with van der Waals surface area (Å²) in [6.45, 7) is 1.17. The zero-order valence-electron chi connectivity index (χ0n) is 19.8. The van der Waals surface area contributed by atoms with Gasteiger partial charge in [-0.1, -0.05) is 17.3 Å². The number of halogens is 2. The first-order valence-corrected chi connectivity index (χ1v) is 12.1. The van der Waals surface area contributed by atoms with Gasteiger partial charge in [0.05, 0.1) is 5.69 Å². The number of rotatable bonds is 5. The second-order valence-electron chi connectivity index (χ2n) is 9.15. The highest BCUT2D eigenvalue weighted by molar-refractivity contribution is 5.80. The van der Waals surface area contributed by atoms with Gasteiger partial charge in [-0.15, -0.1) is 5.10 Å². The van der Waals surface area contributed by atoms with E-state index in [9.17, 15) is 13.6 Å². The number of piperidine rings is 1. The van der Waals surface area contributed by atoms with E-state index in [1.54, 1.807) is 24.3 Å². The van der Waals surface area contributed by atoms with Gasteiger partial charge in [0.15, 0.2) is 17.2 Å². The second kappa shape index (κ2) is 9.57. The van der Waals surface area contributed by atoms with E-state index in [1.165, 1.54) is 28.9 Å². The Morgan fingerprint density at radius 2 is 1.54 bits per heavy atom. The van der Waals surface area contributed by atoms with Crippen molar-refractivity contribution in [3.05, 3.63) is 90.1 Å². The summed E-state index contributed by atoms with van der Waals surface area (Å²) < 4.78 is 34.0. The highest BCUT2D eigenvalue weighted by Gasteiger charge is 2.28. The normalized spacial score (nSPS) is 14.4. The lowest BCUT2D eigenvalue weighted by Crippen LogP contribution is -2.40. The molecule has 1 fully saturated rings. The molecule has 186 valence electrons. The standard InChI is InChI=1S/C28H23F2N5O2/c29-21-9-5-19(6-10-21)27-31-28(20-7-11-22(30)12-8-20)35(32-27)17-25(36)34-15-13-18(14-16-34)26-23-3-1-2-4-24(23)37-33-26/h1-12,18H,13-17H2. The molecule has 9 heteroatoms. The Morgan fingerprint density at radius 3 is 2.24 bits per heavy atom. The molecule has 1 aliphatic heterocycles. The van der Waals surface area contributed by atoms with Gasteiger partial charge in [0.2, 0.25) is 5.91 Å². The summed E-state index contributed by atoms with van der Waals surface area (Å²) in [5.41, 5.74) is 2.97. The Hall–Kier alpha value is -4.40. The summed E-state index contributed by atoms with van der Waals surface area (Å²) in [5, 5.41) is 9.87. The average Bonchev–Trinajstić information content (AvgIpc) is 3.54. The van der Waals surface area contributed by atoms with E-state index in [2.05, 4.69) is 15.2 Å². The van der Waals surface area contributed by atoms with Crippen LogP contribution in [-0.2, 0) is 11.3 Å². The van der Waals surface area contributed by atoms with Crippen LogP contribution in [0.25, 0.3) is 33.7 Å². The van der Waals surface area contributed by atoms with Gasteiger partial charge in [-0.25, -0.2) is 18.4 Å². The Balaban J connectivity index is 1.21. The van der Waals surface area contributed by atoms with Crippen molar-refractivity contribution in [2.75, 3.05) is 13.1 Å². The Kier molecular flexibility index (Phi) is 5.96. The molecular formula is C28H23F2N5O2. The van der Waals surface area contributed by atoms with Crippen LogP contribution < -0.4 is 0 Å². The molecular weight excluding hydrogens is 476 g/mol. The number of nitrogens with zero attached hydrogens (tertiary/aromatic N) is 5. The maximum atomic E-state index is 13.5. The highest BCUT2D eigenvalue weighted by atomic mass is 19.1. The molecule has 37 heavy (non-hydrogen) atoms. The van der Waals surface area contributed by atoms with E-state index in [4.69, 9.17) is 4.52 Å². The van der Waals surface area contributed by atoms with E-state index in [0.29, 0.717) is 35.9 Å². The number of aromatic nitrogens is 4. The molecule has 0 N–H and O–H groups in total. The molecule has 0 atom stereocenters.